The normalized spacial score (nSPS) is 10.1. The van der Waals surface area contributed by atoms with E-state index in [4.69, 9.17) is 24.4 Å². The molecule has 0 radical (unpaired) electrons. The van der Waals surface area contributed by atoms with Crippen molar-refractivity contribution in [3.05, 3.63) is 85.5 Å². The predicted octanol–water partition coefficient (Wildman–Crippen LogP) is -2.08. The van der Waals surface area contributed by atoms with Crippen LogP contribution in [0.5, 0.6) is 0 Å². The number of rotatable bonds is 0. The van der Waals surface area contributed by atoms with E-state index in [1.165, 1.54) is 39.8 Å². The molecule has 0 N–H and O–H groups in total. The number of aromatic nitrogens is 15. The Labute approximate surface area is 279 Å². The third-order valence-corrected chi connectivity index (χ3v) is 7.81. The smallest absolute Gasteiger partial charge is 0.310 e. The minimum absolute atomic E-state index is 0.0764. The maximum absolute atomic E-state index is 11.0. The van der Waals surface area contributed by atoms with E-state index in [1.54, 1.807) is 62.3 Å². The summed E-state index contributed by atoms with van der Waals surface area (Å²) in [5, 5.41) is 15.6. The van der Waals surface area contributed by atoms with E-state index in [2.05, 4.69) is 20.4 Å². The highest BCUT2D eigenvalue weighted by Crippen LogP contribution is 1.92. The molecule has 0 aliphatic carbocycles. The SMILES string of the molecule is Cc1nn(C)c(=O)n(C)c1=O.Cc1nn(C)c(=O)n1C.Cc1nn(C)c(=S)n1C.Cn1c(=O)n(C)n(C)c1=O.Cn1cnn(C)c1=S. The van der Waals surface area contributed by atoms with Gasteiger partial charge in [-0.15, -0.1) is 0 Å². The number of aryl methyl sites for hydroxylation is 8. The minimum atomic E-state index is -0.402. The molecule has 0 fully saturated rings. The number of hydrogen-bond donors (Lipinski definition) is 0. The Kier molecular flexibility index (Phi) is 14.1. The molecule has 5 rings (SSSR count). The van der Waals surface area contributed by atoms with Crippen molar-refractivity contribution >= 4 is 24.4 Å². The Morgan fingerprint density at radius 3 is 1.13 bits per heavy atom. The van der Waals surface area contributed by atoms with Crippen molar-refractivity contribution in [1.82, 2.24) is 71.3 Å². The summed E-state index contributed by atoms with van der Waals surface area (Å²) in [6.07, 6.45) is 1.68. The molecule has 22 heteroatoms. The molecule has 0 saturated heterocycles. The standard InChI is InChI=1S/C6H9N3O2.C5H9N3O2.C5H9N3O.C5H9N3S.C4H7N3S/c1-4-5(10)8(2)6(11)9(3)7-4;1-6-4(9)7(2)8(3)5(6)10;2*1-4-6-8(3)5(9)7(4)2;1-6-3-5-7(2)4(6)8/h1-3H3;1-3H3;2*1-3H3;3H,1-2H3. The largest absolute Gasteiger partial charge is 0.346 e. The van der Waals surface area contributed by atoms with Crippen molar-refractivity contribution in [2.45, 2.75) is 20.8 Å². The highest BCUT2D eigenvalue weighted by atomic mass is 32.1. The quantitative estimate of drug-likeness (QED) is 0.162. The molecule has 0 amide bonds. The van der Waals surface area contributed by atoms with E-state index in [1.807, 2.05) is 39.7 Å². The monoisotopic (exact) mass is 697 g/mol. The summed E-state index contributed by atoms with van der Waals surface area (Å²) in [6, 6.07) is 0. The lowest BCUT2D eigenvalue weighted by molar-refractivity contribution is 0.565. The van der Waals surface area contributed by atoms with Crippen molar-refractivity contribution < 1.29 is 0 Å². The van der Waals surface area contributed by atoms with Crippen LogP contribution in [-0.4, -0.2) is 71.3 Å². The Bertz CT molecular complexity index is 2110. The highest BCUT2D eigenvalue weighted by Gasteiger charge is 2.04. The zero-order valence-electron chi connectivity index (χ0n) is 29.1. The van der Waals surface area contributed by atoms with E-state index in [0.29, 0.717) is 5.69 Å². The molecule has 5 aromatic heterocycles. The van der Waals surface area contributed by atoms with Crippen molar-refractivity contribution in [1.29, 1.82) is 0 Å². The molecule has 0 aliphatic rings. The van der Waals surface area contributed by atoms with Crippen LogP contribution in [0.15, 0.2) is 30.3 Å². The van der Waals surface area contributed by atoms with E-state index < -0.39 is 5.69 Å². The van der Waals surface area contributed by atoms with Crippen LogP contribution in [0, 0.1) is 30.3 Å². The van der Waals surface area contributed by atoms with E-state index >= 15 is 0 Å². The van der Waals surface area contributed by atoms with E-state index in [-0.39, 0.29) is 22.6 Å². The van der Waals surface area contributed by atoms with Gasteiger partial charge in [0, 0.05) is 77.5 Å². The third kappa shape index (κ3) is 9.75. The molecular weight excluding hydrogens is 655 g/mol. The first-order chi connectivity index (χ1) is 21.6. The van der Waals surface area contributed by atoms with Gasteiger partial charge in [0.15, 0.2) is 9.54 Å². The summed E-state index contributed by atoms with van der Waals surface area (Å²) in [7, 11) is 18.3. The molecule has 0 aliphatic heterocycles. The first-order valence-electron chi connectivity index (χ1n) is 13.6. The molecule has 47 heavy (non-hydrogen) atoms. The number of hydrogen-bond acceptors (Lipinski definition) is 11. The summed E-state index contributed by atoms with van der Waals surface area (Å²) in [4.78, 5) is 54.7. The minimum Gasteiger partial charge on any atom is -0.310 e. The summed E-state index contributed by atoms with van der Waals surface area (Å²) >= 11 is 9.87. The van der Waals surface area contributed by atoms with Crippen LogP contribution in [0.3, 0.4) is 0 Å². The fourth-order valence-electron chi connectivity index (χ4n) is 3.48. The molecule has 5 aromatic rings. The van der Waals surface area contributed by atoms with Crippen LogP contribution in [0.25, 0.3) is 0 Å². The lowest BCUT2D eigenvalue weighted by Gasteiger charge is -2.00. The Morgan fingerprint density at radius 1 is 0.489 bits per heavy atom. The van der Waals surface area contributed by atoms with Crippen LogP contribution in [0.2, 0.25) is 0 Å². The third-order valence-electron chi connectivity index (χ3n) is 6.72. The fraction of sp³-hybridized carbons (Fsp3) is 0.560. The number of nitrogens with zero attached hydrogens (tertiary/aromatic N) is 15. The molecule has 0 aromatic carbocycles. The van der Waals surface area contributed by atoms with Crippen molar-refractivity contribution in [2.75, 3.05) is 0 Å². The van der Waals surface area contributed by atoms with Gasteiger partial charge in [0.2, 0.25) is 0 Å². The fourth-order valence-corrected chi connectivity index (χ4v) is 3.74. The first kappa shape index (κ1) is 40.0. The van der Waals surface area contributed by atoms with Gasteiger partial charge in [0.1, 0.15) is 23.7 Å². The first-order valence-corrected chi connectivity index (χ1v) is 14.5. The molecule has 0 atom stereocenters. The van der Waals surface area contributed by atoms with E-state index in [9.17, 15) is 24.0 Å². The zero-order chi connectivity index (χ0) is 36.7. The van der Waals surface area contributed by atoms with Crippen LogP contribution in [0.1, 0.15) is 17.3 Å². The van der Waals surface area contributed by atoms with Gasteiger partial charge in [-0.1, -0.05) is 0 Å². The Balaban J connectivity index is 0.000000295. The molecular formula is C25H43N15O5S2. The van der Waals surface area contributed by atoms with Crippen molar-refractivity contribution in [3.63, 3.8) is 0 Å². The molecule has 0 spiro atoms. The topological polar surface area (TPSA) is 191 Å². The Hall–Kier alpha value is -4.99. The summed E-state index contributed by atoms with van der Waals surface area (Å²) in [5.74, 6) is 1.69. The average Bonchev–Trinajstić information content (AvgIpc) is 3.59. The van der Waals surface area contributed by atoms with Gasteiger partial charge in [0.25, 0.3) is 5.56 Å². The molecule has 260 valence electrons. The van der Waals surface area contributed by atoms with Crippen molar-refractivity contribution in [2.24, 2.45) is 77.5 Å². The van der Waals surface area contributed by atoms with Crippen LogP contribution in [0.4, 0.5) is 0 Å². The van der Waals surface area contributed by atoms with Crippen LogP contribution >= 0.6 is 24.4 Å². The molecule has 0 bridgehead atoms. The molecule has 0 unspecified atom stereocenters. The van der Waals surface area contributed by atoms with Gasteiger partial charge in [-0.2, -0.15) is 20.4 Å². The molecule has 0 saturated carbocycles. The lowest BCUT2D eigenvalue weighted by atomic mass is 10.5. The van der Waals surface area contributed by atoms with E-state index in [0.717, 1.165) is 35.0 Å². The Morgan fingerprint density at radius 2 is 0.915 bits per heavy atom. The highest BCUT2D eigenvalue weighted by molar-refractivity contribution is 7.71. The van der Waals surface area contributed by atoms with Gasteiger partial charge in [-0.05, 0) is 45.2 Å². The average molecular weight is 698 g/mol. The van der Waals surface area contributed by atoms with Gasteiger partial charge < -0.3 is 9.13 Å². The lowest BCUT2D eigenvalue weighted by Crippen LogP contribution is -2.39. The zero-order valence-corrected chi connectivity index (χ0v) is 30.8. The second-order valence-corrected chi connectivity index (χ2v) is 10.9. The van der Waals surface area contributed by atoms with Crippen LogP contribution in [-0.2, 0) is 77.5 Å². The maximum atomic E-state index is 11.0. The predicted molar refractivity (Wildman–Crippen MR) is 179 cm³/mol. The van der Waals surface area contributed by atoms with Crippen molar-refractivity contribution in [3.8, 4) is 0 Å². The van der Waals surface area contributed by atoms with Gasteiger partial charge in [0.05, 0.1) is 0 Å². The summed E-state index contributed by atoms with van der Waals surface area (Å²) < 4.78 is 17.0. The second-order valence-electron chi connectivity index (χ2n) is 10.2. The van der Waals surface area contributed by atoms with Crippen LogP contribution < -0.4 is 28.3 Å². The summed E-state index contributed by atoms with van der Waals surface area (Å²) in [6.45, 7) is 5.29. The summed E-state index contributed by atoms with van der Waals surface area (Å²) in [5.41, 5.74) is -1.09. The van der Waals surface area contributed by atoms with Gasteiger partial charge in [-0.3, -0.25) is 13.9 Å². The second kappa shape index (κ2) is 16.5. The molecule has 20 nitrogen and oxygen atoms in total. The van der Waals surface area contributed by atoms with Gasteiger partial charge in [-0.25, -0.2) is 51.8 Å². The molecule has 5 heterocycles. The maximum Gasteiger partial charge on any atom is 0.346 e. The van der Waals surface area contributed by atoms with Gasteiger partial charge >= 0.3 is 22.8 Å².